The third-order valence-corrected chi connectivity index (χ3v) is 1.66. The standard InChI is InChI=1S/C13H10O2/c1-3-6-12(14)10-9-11-7-4-5-8-13(11)15-2/h4-5,7-8H,1-2H3. The molecule has 0 aliphatic heterocycles. The monoisotopic (exact) mass is 198 g/mol. The van der Waals surface area contributed by atoms with Crippen LogP contribution in [0.5, 0.6) is 5.75 Å². The highest BCUT2D eigenvalue weighted by molar-refractivity contribution is 6.09. The maximum atomic E-state index is 11.0. The Morgan fingerprint density at radius 3 is 2.67 bits per heavy atom. The molecule has 1 aromatic carbocycles. The van der Waals surface area contributed by atoms with Gasteiger partial charge in [0.25, 0.3) is 5.78 Å². The summed E-state index contributed by atoms with van der Waals surface area (Å²) >= 11 is 0. The summed E-state index contributed by atoms with van der Waals surface area (Å²) in [4.78, 5) is 11.0. The summed E-state index contributed by atoms with van der Waals surface area (Å²) in [7, 11) is 1.56. The van der Waals surface area contributed by atoms with E-state index >= 15 is 0 Å². The third kappa shape index (κ3) is 3.21. The number of ether oxygens (including phenoxy) is 1. The lowest BCUT2D eigenvalue weighted by molar-refractivity contribution is -0.108. The SMILES string of the molecule is CC#CC(=O)C#Cc1ccccc1OC. The van der Waals surface area contributed by atoms with Crippen LogP contribution in [0, 0.1) is 23.7 Å². The molecular formula is C13H10O2. The Morgan fingerprint density at radius 1 is 1.27 bits per heavy atom. The summed E-state index contributed by atoms with van der Waals surface area (Å²) < 4.78 is 5.09. The highest BCUT2D eigenvalue weighted by Crippen LogP contribution is 2.15. The fraction of sp³-hybridized carbons (Fsp3) is 0.154. The molecule has 0 radical (unpaired) electrons. The molecular weight excluding hydrogens is 188 g/mol. The van der Waals surface area contributed by atoms with E-state index < -0.39 is 0 Å². The predicted octanol–water partition coefficient (Wildman–Crippen LogP) is 1.64. The Balaban J connectivity index is 2.96. The average Bonchev–Trinajstić information content (AvgIpc) is 2.27. The fourth-order valence-corrected chi connectivity index (χ4v) is 1.02. The normalized spacial score (nSPS) is 7.87. The van der Waals surface area contributed by atoms with E-state index in [0.717, 1.165) is 0 Å². The van der Waals surface area contributed by atoms with Crippen molar-refractivity contribution in [3.8, 4) is 29.4 Å². The van der Waals surface area contributed by atoms with Crippen LogP contribution in [0.4, 0.5) is 0 Å². The molecule has 0 saturated carbocycles. The Morgan fingerprint density at radius 2 is 2.00 bits per heavy atom. The van der Waals surface area contributed by atoms with E-state index in [0.29, 0.717) is 11.3 Å². The molecule has 2 nitrogen and oxygen atoms in total. The van der Waals surface area contributed by atoms with Crippen molar-refractivity contribution in [1.82, 2.24) is 0 Å². The Labute approximate surface area is 89.3 Å². The molecule has 0 unspecified atom stereocenters. The van der Waals surface area contributed by atoms with Gasteiger partial charge in [-0.2, -0.15) is 0 Å². The molecule has 1 aromatic rings. The molecule has 0 aromatic heterocycles. The van der Waals surface area contributed by atoms with Gasteiger partial charge < -0.3 is 4.74 Å². The molecule has 0 bridgehead atoms. The summed E-state index contributed by atoms with van der Waals surface area (Å²) in [6, 6.07) is 7.26. The number of methoxy groups -OCH3 is 1. The zero-order valence-corrected chi connectivity index (χ0v) is 8.63. The molecule has 0 heterocycles. The number of Topliss-reactive ketones (excluding diaryl/α,β-unsaturated/α-hetero) is 1. The van der Waals surface area contributed by atoms with Gasteiger partial charge in [0.2, 0.25) is 0 Å². The van der Waals surface area contributed by atoms with Crippen molar-refractivity contribution in [2.75, 3.05) is 7.11 Å². The van der Waals surface area contributed by atoms with Crippen LogP contribution in [0.15, 0.2) is 24.3 Å². The van der Waals surface area contributed by atoms with Crippen molar-refractivity contribution in [2.45, 2.75) is 6.92 Å². The first-order chi connectivity index (χ1) is 7.27. The van der Waals surface area contributed by atoms with Gasteiger partial charge >= 0.3 is 0 Å². The number of carbonyl (C=O) groups excluding carboxylic acids is 1. The molecule has 0 fully saturated rings. The maximum absolute atomic E-state index is 11.0. The first-order valence-corrected chi connectivity index (χ1v) is 4.39. The lowest BCUT2D eigenvalue weighted by Crippen LogP contribution is -1.89. The van der Waals surface area contributed by atoms with E-state index in [1.807, 2.05) is 12.1 Å². The molecule has 0 atom stereocenters. The van der Waals surface area contributed by atoms with E-state index in [1.165, 1.54) is 0 Å². The van der Waals surface area contributed by atoms with Crippen molar-refractivity contribution in [1.29, 1.82) is 0 Å². The maximum Gasteiger partial charge on any atom is 0.279 e. The molecule has 74 valence electrons. The number of carbonyl (C=O) groups is 1. The Kier molecular flexibility index (Phi) is 4.01. The summed E-state index contributed by atoms with van der Waals surface area (Å²) in [6.45, 7) is 1.60. The second kappa shape index (κ2) is 5.52. The van der Waals surface area contributed by atoms with Crippen molar-refractivity contribution >= 4 is 5.78 Å². The van der Waals surface area contributed by atoms with Crippen LogP contribution in [0.3, 0.4) is 0 Å². The lowest BCUT2D eigenvalue weighted by atomic mass is 10.2. The van der Waals surface area contributed by atoms with Crippen LogP contribution in [-0.4, -0.2) is 12.9 Å². The number of rotatable bonds is 1. The van der Waals surface area contributed by atoms with E-state index in [4.69, 9.17) is 4.74 Å². The van der Waals surface area contributed by atoms with Crippen LogP contribution in [0.1, 0.15) is 12.5 Å². The van der Waals surface area contributed by atoms with E-state index in [9.17, 15) is 4.79 Å². The predicted molar refractivity (Wildman–Crippen MR) is 58.3 cm³/mol. The fourth-order valence-electron chi connectivity index (χ4n) is 1.02. The Hall–Kier alpha value is -2.19. The van der Waals surface area contributed by atoms with E-state index in [-0.39, 0.29) is 5.78 Å². The summed E-state index contributed by atoms with van der Waals surface area (Å²) in [5, 5.41) is 0. The minimum absolute atomic E-state index is 0.386. The van der Waals surface area contributed by atoms with E-state index in [1.54, 1.807) is 26.2 Å². The highest BCUT2D eigenvalue weighted by atomic mass is 16.5. The number of para-hydroxylation sites is 1. The zero-order valence-electron chi connectivity index (χ0n) is 8.63. The van der Waals surface area contributed by atoms with Crippen molar-refractivity contribution in [3.63, 3.8) is 0 Å². The number of hydrogen-bond donors (Lipinski definition) is 0. The number of benzene rings is 1. The second-order valence-corrected chi connectivity index (χ2v) is 2.65. The molecule has 1 rings (SSSR count). The van der Waals surface area contributed by atoms with Crippen molar-refractivity contribution in [3.05, 3.63) is 29.8 Å². The molecule has 0 spiro atoms. The van der Waals surface area contributed by atoms with Gasteiger partial charge in [0.15, 0.2) is 0 Å². The number of hydrogen-bond acceptors (Lipinski definition) is 2. The first kappa shape index (κ1) is 10.9. The minimum Gasteiger partial charge on any atom is -0.495 e. The van der Waals surface area contributed by atoms with Crippen LogP contribution >= 0.6 is 0 Å². The van der Waals surface area contributed by atoms with Crippen molar-refractivity contribution in [2.24, 2.45) is 0 Å². The van der Waals surface area contributed by atoms with Crippen LogP contribution in [0.25, 0.3) is 0 Å². The smallest absolute Gasteiger partial charge is 0.279 e. The minimum atomic E-state index is -0.386. The van der Waals surface area contributed by atoms with Gasteiger partial charge in [0.05, 0.1) is 12.7 Å². The van der Waals surface area contributed by atoms with Crippen LogP contribution in [-0.2, 0) is 4.79 Å². The molecule has 0 aliphatic carbocycles. The van der Waals surface area contributed by atoms with Gasteiger partial charge in [-0.05, 0) is 30.9 Å². The third-order valence-electron chi connectivity index (χ3n) is 1.66. The topological polar surface area (TPSA) is 26.3 Å². The molecule has 0 amide bonds. The molecule has 2 heteroatoms. The summed E-state index contributed by atoms with van der Waals surface area (Å²) in [5.41, 5.74) is 0.686. The summed E-state index contributed by atoms with van der Waals surface area (Å²) in [5.74, 6) is 10.3. The van der Waals surface area contributed by atoms with Gasteiger partial charge in [-0.1, -0.05) is 24.0 Å². The highest BCUT2D eigenvalue weighted by Gasteiger charge is 1.96. The van der Waals surface area contributed by atoms with E-state index in [2.05, 4.69) is 23.7 Å². The average molecular weight is 198 g/mol. The second-order valence-electron chi connectivity index (χ2n) is 2.65. The quantitative estimate of drug-likeness (QED) is 0.506. The Bertz CT molecular complexity index is 478. The number of ketones is 1. The molecule has 15 heavy (non-hydrogen) atoms. The van der Waals surface area contributed by atoms with Crippen LogP contribution in [0.2, 0.25) is 0 Å². The van der Waals surface area contributed by atoms with Crippen LogP contribution < -0.4 is 4.74 Å². The molecule has 0 N–H and O–H groups in total. The van der Waals surface area contributed by atoms with Gasteiger partial charge in [-0.15, -0.1) is 0 Å². The molecule has 0 aliphatic rings. The van der Waals surface area contributed by atoms with Gasteiger partial charge in [0.1, 0.15) is 5.75 Å². The lowest BCUT2D eigenvalue weighted by Gasteiger charge is -2.00. The largest absolute Gasteiger partial charge is 0.495 e. The summed E-state index contributed by atoms with van der Waals surface area (Å²) in [6.07, 6.45) is 0. The zero-order chi connectivity index (χ0) is 11.1. The van der Waals surface area contributed by atoms with Gasteiger partial charge in [-0.25, -0.2) is 0 Å². The van der Waals surface area contributed by atoms with Gasteiger partial charge in [-0.3, -0.25) is 4.79 Å². The molecule has 0 saturated heterocycles. The van der Waals surface area contributed by atoms with Crippen molar-refractivity contribution < 1.29 is 9.53 Å². The van der Waals surface area contributed by atoms with Gasteiger partial charge in [0, 0.05) is 0 Å². The first-order valence-electron chi connectivity index (χ1n) is 4.39.